The van der Waals surface area contributed by atoms with Gasteiger partial charge in [0.15, 0.2) is 12.6 Å². The molecule has 2 aliphatic rings. The van der Waals surface area contributed by atoms with Crippen molar-refractivity contribution < 1.29 is 64.6 Å². The molecule has 0 aromatic heterocycles. The highest BCUT2D eigenvalue weighted by atomic mass is 16.7. The highest BCUT2D eigenvalue weighted by Crippen LogP contribution is 2.30. The quantitative estimate of drug-likeness (QED) is 0.0204. The second-order valence-corrected chi connectivity index (χ2v) is 30.6. The molecule has 2 aliphatic heterocycles. The number of amides is 1. The second-order valence-electron chi connectivity index (χ2n) is 30.6. The fourth-order valence-electron chi connectivity index (χ4n) is 14.3. The minimum atomic E-state index is -1.79. The minimum absolute atomic E-state index is 0.232. The second kappa shape index (κ2) is 72.3. The monoisotopic (exact) mass is 1450 g/mol. The van der Waals surface area contributed by atoms with Gasteiger partial charge >= 0.3 is 0 Å². The molecule has 14 nitrogen and oxygen atoms in total. The first-order valence-corrected chi connectivity index (χ1v) is 43.7. The minimum Gasteiger partial charge on any atom is -0.394 e. The average molecular weight is 1460 g/mol. The number of aliphatic hydroxyl groups is 8. The van der Waals surface area contributed by atoms with Crippen LogP contribution in [-0.2, 0) is 23.7 Å². The number of carbonyl (C=O) groups is 1. The lowest BCUT2D eigenvalue weighted by molar-refractivity contribution is -0.359. The third kappa shape index (κ3) is 54.6. The van der Waals surface area contributed by atoms with Gasteiger partial charge in [-0.3, -0.25) is 4.79 Å². The van der Waals surface area contributed by atoms with Crippen LogP contribution < -0.4 is 5.32 Å². The van der Waals surface area contributed by atoms with E-state index in [4.69, 9.17) is 18.9 Å². The predicted molar refractivity (Wildman–Crippen MR) is 429 cm³/mol. The first kappa shape index (κ1) is 96.5. The van der Waals surface area contributed by atoms with Crippen LogP contribution in [0.4, 0.5) is 0 Å². The zero-order valence-electron chi connectivity index (χ0n) is 66.3. The van der Waals surface area contributed by atoms with E-state index in [-0.39, 0.29) is 18.9 Å². The maximum Gasteiger partial charge on any atom is 0.220 e. The Kier molecular flexibility index (Phi) is 67.7. The molecule has 14 heteroatoms. The van der Waals surface area contributed by atoms with E-state index < -0.39 is 86.8 Å². The Morgan fingerprint density at radius 2 is 0.670 bits per heavy atom. The van der Waals surface area contributed by atoms with Gasteiger partial charge in [0, 0.05) is 6.42 Å². The van der Waals surface area contributed by atoms with Crippen molar-refractivity contribution in [2.45, 2.75) is 466 Å². The third-order valence-electron chi connectivity index (χ3n) is 21.1. The van der Waals surface area contributed by atoms with E-state index in [0.29, 0.717) is 6.42 Å². The number of carbonyl (C=O) groups excluding carboxylic acids is 1. The Hall–Kier alpha value is -2.57. The molecule has 12 unspecified atom stereocenters. The molecule has 2 fully saturated rings. The number of nitrogens with one attached hydrogen (secondary N) is 1. The molecule has 103 heavy (non-hydrogen) atoms. The van der Waals surface area contributed by atoms with Gasteiger partial charge in [-0.1, -0.05) is 395 Å². The van der Waals surface area contributed by atoms with Gasteiger partial charge in [-0.25, -0.2) is 0 Å². The molecule has 0 saturated carbocycles. The van der Waals surface area contributed by atoms with E-state index in [1.54, 1.807) is 6.08 Å². The van der Waals surface area contributed by atoms with E-state index >= 15 is 0 Å². The number of allylic oxidation sites excluding steroid dienone is 11. The van der Waals surface area contributed by atoms with Crippen LogP contribution >= 0.6 is 0 Å². The summed E-state index contributed by atoms with van der Waals surface area (Å²) in [6.45, 7) is 2.75. The normalized spacial score (nSPS) is 21.9. The summed E-state index contributed by atoms with van der Waals surface area (Å²) in [4.78, 5) is 13.4. The van der Waals surface area contributed by atoms with Crippen LogP contribution in [-0.4, -0.2) is 140 Å². The first-order chi connectivity index (χ1) is 50.6. The highest BCUT2D eigenvalue weighted by Gasteiger charge is 2.51. The summed E-state index contributed by atoms with van der Waals surface area (Å²) >= 11 is 0. The molecular weight excluding hydrogens is 1290 g/mol. The van der Waals surface area contributed by atoms with Crippen LogP contribution in [0.25, 0.3) is 0 Å². The first-order valence-electron chi connectivity index (χ1n) is 43.7. The average Bonchev–Trinajstić information content (AvgIpc) is 0.791. The molecule has 0 bridgehead atoms. The van der Waals surface area contributed by atoms with Crippen LogP contribution in [0.5, 0.6) is 0 Å². The molecule has 1 amide bonds. The maximum atomic E-state index is 13.4. The fraction of sp³-hybridized carbons (Fsp3) is 0.854. The van der Waals surface area contributed by atoms with E-state index in [0.717, 1.165) is 70.6 Å². The van der Waals surface area contributed by atoms with Crippen LogP contribution in [0.1, 0.15) is 393 Å². The van der Waals surface area contributed by atoms with E-state index in [1.165, 1.54) is 295 Å². The molecule has 602 valence electrons. The molecule has 9 N–H and O–H groups in total. The lowest BCUT2D eigenvalue weighted by Crippen LogP contribution is -2.65. The van der Waals surface area contributed by atoms with Crippen molar-refractivity contribution in [3.05, 3.63) is 72.9 Å². The van der Waals surface area contributed by atoms with Crippen LogP contribution in [0.2, 0.25) is 0 Å². The fourth-order valence-corrected chi connectivity index (χ4v) is 14.3. The summed E-state index contributed by atoms with van der Waals surface area (Å²) in [6.07, 6.45) is 84.3. The molecule has 0 aromatic rings. The lowest BCUT2D eigenvalue weighted by atomic mass is 9.97. The van der Waals surface area contributed by atoms with Crippen LogP contribution in [0.15, 0.2) is 72.9 Å². The molecule has 2 heterocycles. The smallest absolute Gasteiger partial charge is 0.220 e. The Bertz CT molecular complexity index is 2010. The summed E-state index contributed by atoms with van der Waals surface area (Å²) < 4.78 is 23.0. The van der Waals surface area contributed by atoms with Crippen LogP contribution in [0.3, 0.4) is 0 Å². The zero-order valence-corrected chi connectivity index (χ0v) is 66.3. The number of aliphatic hydroxyl groups excluding tert-OH is 8. The Balaban J connectivity index is 1.58. The van der Waals surface area contributed by atoms with Gasteiger partial charge in [0.1, 0.15) is 48.8 Å². The largest absolute Gasteiger partial charge is 0.394 e. The summed E-state index contributed by atoms with van der Waals surface area (Å²) in [6, 6.07) is -0.918. The van der Waals surface area contributed by atoms with E-state index in [2.05, 4.69) is 79.9 Å². The van der Waals surface area contributed by atoms with E-state index in [1.807, 2.05) is 6.08 Å². The number of ether oxygens (including phenoxy) is 4. The zero-order chi connectivity index (χ0) is 74.4. The maximum absolute atomic E-state index is 13.4. The molecular formula is C89H163NO13. The third-order valence-corrected chi connectivity index (χ3v) is 21.1. The van der Waals surface area contributed by atoms with Crippen molar-refractivity contribution in [1.29, 1.82) is 0 Å². The molecule has 2 rings (SSSR count). The van der Waals surface area contributed by atoms with Gasteiger partial charge in [0.25, 0.3) is 0 Å². The number of hydrogen-bond acceptors (Lipinski definition) is 13. The topological polar surface area (TPSA) is 228 Å². The van der Waals surface area contributed by atoms with Crippen molar-refractivity contribution in [2.75, 3.05) is 19.8 Å². The summed E-state index contributed by atoms with van der Waals surface area (Å²) in [5.41, 5.74) is 0. The van der Waals surface area contributed by atoms with Crippen molar-refractivity contribution >= 4 is 5.91 Å². The molecule has 12 atom stereocenters. The van der Waals surface area contributed by atoms with Crippen molar-refractivity contribution in [2.24, 2.45) is 0 Å². The number of unbranched alkanes of at least 4 members (excludes halogenated alkanes) is 51. The highest BCUT2D eigenvalue weighted by molar-refractivity contribution is 5.76. The predicted octanol–water partition coefficient (Wildman–Crippen LogP) is 20.9. The molecule has 0 aliphatic carbocycles. The van der Waals surface area contributed by atoms with Crippen molar-refractivity contribution in [3.8, 4) is 0 Å². The van der Waals surface area contributed by atoms with Crippen LogP contribution in [0, 0.1) is 0 Å². The summed E-state index contributed by atoms with van der Waals surface area (Å²) in [7, 11) is 0. The van der Waals surface area contributed by atoms with Gasteiger partial charge in [-0.05, 0) is 64.2 Å². The lowest BCUT2D eigenvalue weighted by Gasteiger charge is -2.46. The number of rotatable bonds is 74. The van der Waals surface area contributed by atoms with Gasteiger partial charge in [0.2, 0.25) is 5.91 Å². The Morgan fingerprint density at radius 3 is 1.03 bits per heavy atom. The standard InChI is InChI=1S/C89H163NO13/c1-3-5-7-9-11-13-15-17-19-21-23-25-27-29-31-33-35-37-38-39-40-41-43-45-47-49-51-53-55-57-59-61-63-65-67-69-71-73-81(94)90-77(76-100-88-86(99)84(97)87(80(75-92)102-88)103-89-85(98)83(96)82(95)79(74-91)101-89)78(93)72-70-68-66-64-62-60-58-56-54-52-50-48-46-44-42-36-34-32-30-28-26-24-22-20-18-16-14-12-10-8-6-4-2/h5,7,11,13,17,19,23,25,29,31,70,72,77-80,82-89,91-93,95-99H,3-4,6,8-10,12,14-16,18,20-22,24,26-28,30,32-69,71,73-76H2,1-2H3,(H,90,94)/b7-5-,13-11-,19-17-,25-23-,31-29-,72-70+. The number of hydrogen-bond donors (Lipinski definition) is 9. The molecule has 0 spiro atoms. The van der Waals surface area contributed by atoms with Gasteiger partial charge in [0.05, 0.1) is 32.0 Å². The molecule has 0 aromatic carbocycles. The molecule has 2 saturated heterocycles. The van der Waals surface area contributed by atoms with E-state index in [9.17, 15) is 45.6 Å². The van der Waals surface area contributed by atoms with Crippen molar-refractivity contribution in [1.82, 2.24) is 5.32 Å². The Labute approximate surface area is 631 Å². The summed E-state index contributed by atoms with van der Waals surface area (Å²) in [5, 5.41) is 87.9. The Morgan fingerprint density at radius 1 is 0.359 bits per heavy atom. The van der Waals surface area contributed by atoms with Gasteiger partial charge in [-0.2, -0.15) is 0 Å². The van der Waals surface area contributed by atoms with Gasteiger partial charge < -0.3 is 65.1 Å². The SMILES string of the molecule is CC/C=C\C/C=C\C/C=C\C/C=C\C/C=C\CCCCCCCCCCCCCCCCCCCCCCCC(=O)NC(COC1OC(CO)C(OC2OC(CO)C(O)C(O)C2O)C(O)C1O)C(O)/C=C/CCCCCCCCCCCCCCCCCCCCCCCCCCCCCCCC. The summed E-state index contributed by atoms with van der Waals surface area (Å²) in [5.74, 6) is -0.232. The van der Waals surface area contributed by atoms with Crippen molar-refractivity contribution in [3.63, 3.8) is 0 Å². The van der Waals surface area contributed by atoms with Gasteiger partial charge in [-0.15, -0.1) is 0 Å². The molecule has 0 radical (unpaired) electrons.